The van der Waals surface area contributed by atoms with Crippen LogP contribution in [0.25, 0.3) is 0 Å². The van der Waals surface area contributed by atoms with Gasteiger partial charge in [0.15, 0.2) is 0 Å². The normalized spacial score (nSPS) is 19.0. The molecule has 0 aromatic heterocycles. The van der Waals surface area contributed by atoms with Crippen LogP contribution in [-0.4, -0.2) is 21.0 Å². The standard InChI is InChI=1S/C18H16FNO4S/c1-12-9-13(7-8-17(12)19)16-11-24-18(21)15(16)10-20-25(22,23)14-5-3-2-4-6-14/h2-10,16,20H,11H2,1H3. The van der Waals surface area contributed by atoms with Crippen molar-refractivity contribution in [3.8, 4) is 0 Å². The summed E-state index contributed by atoms with van der Waals surface area (Å²) in [4.78, 5) is 12.1. The number of hydrogen-bond acceptors (Lipinski definition) is 4. The van der Waals surface area contributed by atoms with E-state index in [9.17, 15) is 17.6 Å². The second kappa shape index (κ2) is 6.68. The first kappa shape index (κ1) is 17.2. The van der Waals surface area contributed by atoms with Gasteiger partial charge in [-0.2, -0.15) is 0 Å². The van der Waals surface area contributed by atoms with E-state index in [2.05, 4.69) is 4.72 Å². The van der Waals surface area contributed by atoms with Gasteiger partial charge in [-0.3, -0.25) is 4.72 Å². The van der Waals surface area contributed by atoms with Crippen LogP contribution in [0, 0.1) is 12.7 Å². The molecule has 0 spiro atoms. The van der Waals surface area contributed by atoms with Crippen molar-refractivity contribution in [1.82, 2.24) is 4.72 Å². The fourth-order valence-electron chi connectivity index (χ4n) is 2.60. The summed E-state index contributed by atoms with van der Waals surface area (Å²) in [6, 6.07) is 12.3. The Hall–Kier alpha value is -2.67. The maximum Gasteiger partial charge on any atom is 0.336 e. The van der Waals surface area contributed by atoms with Gasteiger partial charge in [-0.15, -0.1) is 0 Å². The Balaban J connectivity index is 1.89. The number of benzene rings is 2. The van der Waals surface area contributed by atoms with Gasteiger partial charge in [0.05, 0.1) is 16.4 Å². The molecule has 1 aliphatic rings. The third kappa shape index (κ3) is 3.56. The van der Waals surface area contributed by atoms with E-state index in [0.717, 1.165) is 6.20 Å². The second-order valence-electron chi connectivity index (χ2n) is 5.69. The maximum atomic E-state index is 13.4. The first-order valence-electron chi connectivity index (χ1n) is 7.59. The van der Waals surface area contributed by atoms with Crippen LogP contribution < -0.4 is 4.72 Å². The fraction of sp³-hybridized carbons (Fsp3) is 0.167. The average molecular weight is 361 g/mol. The highest BCUT2D eigenvalue weighted by Gasteiger charge is 2.32. The molecule has 1 N–H and O–H groups in total. The Morgan fingerprint density at radius 1 is 1.20 bits per heavy atom. The molecule has 1 atom stereocenters. The van der Waals surface area contributed by atoms with Gasteiger partial charge in [-0.25, -0.2) is 17.6 Å². The van der Waals surface area contributed by atoms with E-state index in [0.29, 0.717) is 11.1 Å². The average Bonchev–Trinajstić information content (AvgIpc) is 2.97. The molecule has 5 nitrogen and oxygen atoms in total. The lowest BCUT2D eigenvalue weighted by Crippen LogP contribution is -2.20. The molecule has 25 heavy (non-hydrogen) atoms. The molecule has 1 heterocycles. The lowest BCUT2D eigenvalue weighted by molar-refractivity contribution is -0.135. The van der Waals surface area contributed by atoms with Gasteiger partial charge in [-0.05, 0) is 36.2 Å². The topological polar surface area (TPSA) is 72.5 Å². The summed E-state index contributed by atoms with van der Waals surface area (Å²) in [6.07, 6.45) is 1.15. The van der Waals surface area contributed by atoms with Crippen LogP contribution in [-0.2, 0) is 19.6 Å². The molecular formula is C18H16FNO4S. The summed E-state index contributed by atoms with van der Waals surface area (Å²) in [5.74, 6) is -1.39. The number of sulfonamides is 1. The number of halogens is 1. The number of carbonyl (C=O) groups is 1. The molecule has 3 rings (SSSR count). The number of carbonyl (C=O) groups excluding carboxylic acids is 1. The Morgan fingerprint density at radius 3 is 2.60 bits per heavy atom. The predicted octanol–water partition coefficient (Wildman–Crippen LogP) is 2.64. The van der Waals surface area contributed by atoms with Crippen molar-refractivity contribution in [1.29, 1.82) is 0 Å². The highest BCUT2D eigenvalue weighted by molar-refractivity contribution is 7.89. The number of hydrogen-bond donors (Lipinski definition) is 1. The summed E-state index contributed by atoms with van der Waals surface area (Å²) in [5, 5.41) is 0. The van der Waals surface area contributed by atoms with E-state index in [1.54, 1.807) is 37.3 Å². The summed E-state index contributed by atoms with van der Waals surface area (Å²) in [7, 11) is -3.79. The van der Waals surface area contributed by atoms with Crippen LogP contribution >= 0.6 is 0 Å². The number of esters is 1. The summed E-state index contributed by atoms with van der Waals surface area (Å²) >= 11 is 0. The minimum absolute atomic E-state index is 0.0861. The van der Waals surface area contributed by atoms with Crippen LogP contribution in [0.3, 0.4) is 0 Å². The number of ether oxygens (including phenoxy) is 1. The van der Waals surface area contributed by atoms with Gasteiger partial charge in [-0.1, -0.05) is 30.3 Å². The van der Waals surface area contributed by atoms with Gasteiger partial charge in [0.25, 0.3) is 10.0 Å². The zero-order chi connectivity index (χ0) is 18.0. The number of aryl methyl sites for hydroxylation is 1. The second-order valence-corrected chi connectivity index (χ2v) is 7.41. The van der Waals surface area contributed by atoms with E-state index in [-0.39, 0.29) is 22.9 Å². The molecule has 1 aliphatic heterocycles. The summed E-state index contributed by atoms with van der Waals surface area (Å²) in [5.41, 5.74) is 1.32. The molecule has 2 aromatic rings. The smallest absolute Gasteiger partial charge is 0.336 e. The van der Waals surface area contributed by atoms with Gasteiger partial charge < -0.3 is 4.74 Å². The maximum absolute atomic E-state index is 13.4. The first-order chi connectivity index (χ1) is 11.9. The number of rotatable bonds is 4. The molecular weight excluding hydrogens is 345 g/mol. The minimum atomic E-state index is -3.79. The Morgan fingerprint density at radius 2 is 1.92 bits per heavy atom. The molecule has 0 bridgehead atoms. The quantitative estimate of drug-likeness (QED) is 0.671. The van der Waals surface area contributed by atoms with Crippen molar-refractivity contribution in [3.63, 3.8) is 0 Å². The van der Waals surface area contributed by atoms with Crippen LogP contribution in [0.15, 0.2) is 65.2 Å². The monoisotopic (exact) mass is 361 g/mol. The van der Waals surface area contributed by atoms with E-state index in [4.69, 9.17) is 4.74 Å². The SMILES string of the molecule is Cc1cc(C2COC(=O)C2=CNS(=O)(=O)c2ccccc2)ccc1F. The van der Waals surface area contributed by atoms with Gasteiger partial charge >= 0.3 is 5.97 Å². The lowest BCUT2D eigenvalue weighted by Gasteiger charge is -2.11. The highest BCUT2D eigenvalue weighted by atomic mass is 32.2. The predicted molar refractivity (Wildman–Crippen MR) is 89.7 cm³/mol. The molecule has 0 amide bonds. The zero-order valence-electron chi connectivity index (χ0n) is 13.4. The molecule has 2 aromatic carbocycles. The van der Waals surface area contributed by atoms with Crippen LogP contribution in [0.1, 0.15) is 17.0 Å². The Kier molecular flexibility index (Phi) is 4.59. The molecule has 0 aliphatic carbocycles. The van der Waals surface area contributed by atoms with Crippen molar-refractivity contribution < 1.29 is 22.3 Å². The van der Waals surface area contributed by atoms with E-state index in [1.807, 2.05) is 0 Å². The first-order valence-corrected chi connectivity index (χ1v) is 9.07. The molecule has 130 valence electrons. The van der Waals surface area contributed by atoms with E-state index < -0.39 is 21.9 Å². The lowest BCUT2D eigenvalue weighted by atomic mass is 9.93. The third-order valence-corrected chi connectivity index (χ3v) is 5.32. The molecule has 1 unspecified atom stereocenters. The van der Waals surface area contributed by atoms with Crippen molar-refractivity contribution in [2.24, 2.45) is 0 Å². The van der Waals surface area contributed by atoms with Gasteiger partial charge in [0, 0.05) is 6.20 Å². The minimum Gasteiger partial charge on any atom is -0.461 e. The Labute approximate surface area is 145 Å². The van der Waals surface area contributed by atoms with E-state index in [1.165, 1.54) is 18.2 Å². The molecule has 1 saturated heterocycles. The van der Waals surface area contributed by atoms with Crippen molar-refractivity contribution in [2.75, 3.05) is 6.61 Å². The molecule has 1 fully saturated rings. The highest BCUT2D eigenvalue weighted by Crippen LogP contribution is 2.32. The van der Waals surface area contributed by atoms with Gasteiger partial charge in [0.2, 0.25) is 0 Å². The van der Waals surface area contributed by atoms with Crippen LogP contribution in [0.2, 0.25) is 0 Å². The van der Waals surface area contributed by atoms with Crippen molar-refractivity contribution in [3.05, 3.63) is 77.2 Å². The fourth-order valence-corrected chi connectivity index (χ4v) is 3.54. The van der Waals surface area contributed by atoms with Crippen molar-refractivity contribution in [2.45, 2.75) is 17.7 Å². The largest absolute Gasteiger partial charge is 0.461 e. The Bertz CT molecular complexity index is 939. The molecule has 0 radical (unpaired) electrons. The molecule has 7 heteroatoms. The zero-order valence-corrected chi connectivity index (χ0v) is 14.2. The van der Waals surface area contributed by atoms with Gasteiger partial charge in [0.1, 0.15) is 12.4 Å². The number of nitrogens with one attached hydrogen (secondary N) is 1. The van der Waals surface area contributed by atoms with Crippen LogP contribution in [0.4, 0.5) is 4.39 Å². The summed E-state index contributed by atoms with van der Waals surface area (Å²) < 4.78 is 45.4. The molecule has 0 saturated carbocycles. The number of cyclic esters (lactones) is 1. The summed E-state index contributed by atoms with van der Waals surface area (Å²) in [6.45, 7) is 1.71. The van der Waals surface area contributed by atoms with Crippen molar-refractivity contribution >= 4 is 16.0 Å². The van der Waals surface area contributed by atoms with E-state index >= 15 is 0 Å². The van der Waals surface area contributed by atoms with Crippen LogP contribution in [0.5, 0.6) is 0 Å². The third-order valence-electron chi connectivity index (χ3n) is 4.00.